The first kappa shape index (κ1) is 14.1. The molecule has 0 unspecified atom stereocenters. The van der Waals surface area contributed by atoms with Crippen molar-refractivity contribution in [3.05, 3.63) is 11.1 Å². The van der Waals surface area contributed by atoms with E-state index in [9.17, 15) is 4.79 Å². The molecule has 1 fully saturated rings. The fraction of sp³-hybridized carbons (Fsp3) is 0.692. The molecule has 1 aromatic heterocycles. The summed E-state index contributed by atoms with van der Waals surface area (Å²) in [7, 11) is 0. The van der Waals surface area contributed by atoms with Gasteiger partial charge in [-0.15, -0.1) is 11.3 Å². The Morgan fingerprint density at radius 1 is 1.32 bits per heavy atom. The molecule has 1 aliphatic heterocycles. The van der Waals surface area contributed by atoms with Crippen molar-refractivity contribution >= 4 is 22.6 Å². The van der Waals surface area contributed by atoms with E-state index in [4.69, 9.17) is 4.74 Å². The van der Waals surface area contributed by atoms with Crippen LogP contribution in [0.2, 0.25) is 0 Å². The second-order valence-electron chi connectivity index (χ2n) is 5.73. The van der Waals surface area contributed by atoms with E-state index in [0.717, 1.165) is 23.9 Å². The third-order valence-electron chi connectivity index (χ3n) is 2.81. The highest BCUT2D eigenvalue weighted by atomic mass is 32.1. The Bertz CT molecular complexity index is 445. The molecule has 0 atom stereocenters. The van der Waals surface area contributed by atoms with Gasteiger partial charge in [-0.25, -0.2) is 9.78 Å². The van der Waals surface area contributed by atoms with Crippen LogP contribution in [0, 0.1) is 6.92 Å². The number of aryl methyl sites for hydroxylation is 1. The molecule has 2 heterocycles. The van der Waals surface area contributed by atoms with Crippen LogP contribution in [-0.2, 0) is 4.74 Å². The Morgan fingerprint density at radius 2 is 1.95 bits per heavy atom. The van der Waals surface area contributed by atoms with Gasteiger partial charge >= 0.3 is 6.09 Å². The van der Waals surface area contributed by atoms with Crippen LogP contribution in [0.25, 0.3) is 0 Å². The van der Waals surface area contributed by atoms with Crippen molar-refractivity contribution in [3.63, 3.8) is 0 Å². The summed E-state index contributed by atoms with van der Waals surface area (Å²) in [4.78, 5) is 20.4. The minimum absolute atomic E-state index is 0.220. The van der Waals surface area contributed by atoms with Crippen LogP contribution >= 0.6 is 11.3 Å². The number of carbonyl (C=O) groups is 1. The Labute approximate surface area is 118 Å². The highest BCUT2D eigenvalue weighted by molar-refractivity contribution is 7.13. The first-order valence-corrected chi connectivity index (χ1v) is 7.38. The van der Waals surface area contributed by atoms with Gasteiger partial charge in [-0.2, -0.15) is 0 Å². The predicted molar refractivity (Wildman–Crippen MR) is 76.9 cm³/mol. The van der Waals surface area contributed by atoms with Gasteiger partial charge < -0.3 is 14.5 Å². The summed E-state index contributed by atoms with van der Waals surface area (Å²) in [5.74, 6) is 0. The molecule has 1 saturated heterocycles. The number of thiazole rings is 1. The molecule has 1 aromatic rings. The van der Waals surface area contributed by atoms with Gasteiger partial charge in [0, 0.05) is 31.6 Å². The van der Waals surface area contributed by atoms with Crippen molar-refractivity contribution in [1.29, 1.82) is 0 Å². The van der Waals surface area contributed by atoms with Crippen LogP contribution < -0.4 is 4.90 Å². The monoisotopic (exact) mass is 283 g/mol. The van der Waals surface area contributed by atoms with Crippen LogP contribution in [0.1, 0.15) is 26.5 Å². The molecular weight excluding hydrogens is 262 g/mol. The second kappa shape index (κ2) is 5.36. The van der Waals surface area contributed by atoms with Crippen molar-refractivity contribution in [2.24, 2.45) is 0 Å². The molecule has 0 N–H and O–H groups in total. The normalized spacial score (nSPS) is 16.6. The molecule has 106 valence electrons. The first-order valence-electron chi connectivity index (χ1n) is 6.50. The number of rotatable bonds is 1. The zero-order chi connectivity index (χ0) is 14.0. The number of aromatic nitrogens is 1. The highest BCUT2D eigenvalue weighted by Crippen LogP contribution is 2.21. The fourth-order valence-electron chi connectivity index (χ4n) is 1.89. The SMILES string of the molecule is Cc1csc(N2CCN(C(=O)OC(C)(C)C)CC2)n1. The van der Waals surface area contributed by atoms with Gasteiger partial charge in [-0.05, 0) is 27.7 Å². The Balaban J connectivity index is 1.87. The number of hydrogen-bond donors (Lipinski definition) is 0. The maximum atomic E-state index is 11.9. The molecule has 0 aliphatic carbocycles. The topological polar surface area (TPSA) is 45.7 Å². The first-order chi connectivity index (χ1) is 8.85. The van der Waals surface area contributed by atoms with Crippen LogP contribution in [0.5, 0.6) is 0 Å². The smallest absolute Gasteiger partial charge is 0.410 e. The van der Waals surface area contributed by atoms with E-state index in [1.807, 2.05) is 27.7 Å². The number of piperazine rings is 1. The van der Waals surface area contributed by atoms with E-state index < -0.39 is 5.60 Å². The molecule has 5 nitrogen and oxygen atoms in total. The van der Waals surface area contributed by atoms with Gasteiger partial charge in [0.1, 0.15) is 5.60 Å². The molecule has 2 rings (SSSR count). The second-order valence-corrected chi connectivity index (χ2v) is 6.56. The van der Waals surface area contributed by atoms with E-state index in [1.165, 1.54) is 0 Å². The summed E-state index contributed by atoms with van der Waals surface area (Å²) >= 11 is 1.66. The molecule has 0 radical (unpaired) electrons. The molecule has 0 bridgehead atoms. The lowest BCUT2D eigenvalue weighted by Crippen LogP contribution is -2.50. The van der Waals surface area contributed by atoms with Crippen molar-refractivity contribution < 1.29 is 9.53 Å². The zero-order valence-electron chi connectivity index (χ0n) is 12.0. The largest absolute Gasteiger partial charge is 0.444 e. The number of carbonyl (C=O) groups excluding carboxylic acids is 1. The van der Waals surface area contributed by atoms with Crippen molar-refractivity contribution in [3.8, 4) is 0 Å². The van der Waals surface area contributed by atoms with E-state index in [0.29, 0.717) is 13.1 Å². The van der Waals surface area contributed by atoms with Crippen molar-refractivity contribution in [2.75, 3.05) is 31.1 Å². The van der Waals surface area contributed by atoms with Gasteiger partial charge in [0.2, 0.25) is 0 Å². The number of hydrogen-bond acceptors (Lipinski definition) is 5. The van der Waals surface area contributed by atoms with Crippen LogP contribution in [0.3, 0.4) is 0 Å². The standard InChI is InChI=1S/C13H21N3O2S/c1-10-9-19-11(14-10)15-5-7-16(8-6-15)12(17)18-13(2,3)4/h9H,5-8H2,1-4H3. The predicted octanol–water partition coefficient (Wildman–Crippen LogP) is 2.51. The van der Waals surface area contributed by atoms with Gasteiger partial charge in [-0.1, -0.05) is 0 Å². The van der Waals surface area contributed by atoms with Crippen molar-refractivity contribution in [1.82, 2.24) is 9.88 Å². The maximum Gasteiger partial charge on any atom is 0.410 e. The molecular formula is C13H21N3O2S. The number of amides is 1. The molecule has 1 aliphatic rings. The number of nitrogens with zero attached hydrogens (tertiary/aromatic N) is 3. The Hall–Kier alpha value is -1.30. The molecule has 0 saturated carbocycles. The lowest BCUT2D eigenvalue weighted by Gasteiger charge is -2.35. The third-order valence-corrected chi connectivity index (χ3v) is 3.83. The van der Waals surface area contributed by atoms with E-state index in [1.54, 1.807) is 16.2 Å². The lowest BCUT2D eigenvalue weighted by molar-refractivity contribution is 0.0240. The summed E-state index contributed by atoms with van der Waals surface area (Å²) < 4.78 is 5.38. The summed E-state index contributed by atoms with van der Waals surface area (Å²) in [5, 5.41) is 3.09. The fourth-order valence-corrected chi connectivity index (χ4v) is 2.75. The highest BCUT2D eigenvalue weighted by Gasteiger charge is 2.26. The molecule has 19 heavy (non-hydrogen) atoms. The number of ether oxygens (including phenoxy) is 1. The quantitative estimate of drug-likeness (QED) is 0.794. The van der Waals surface area contributed by atoms with Gasteiger partial charge in [0.25, 0.3) is 0 Å². The summed E-state index contributed by atoms with van der Waals surface area (Å²) in [6.07, 6.45) is -0.220. The van der Waals surface area contributed by atoms with Crippen LogP contribution in [0.4, 0.5) is 9.93 Å². The summed E-state index contributed by atoms with van der Waals surface area (Å²) in [6.45, 7) is 10.7. The van der Waals surface area contributed by atoms with Crippen molar-refractivity contribution in [2.45, 2.75) is 33.3 Å². The average molecular weight is 283 g/mol. The average Bonchev–Trinajstić information content (AvgIpc) is 2.74. The van der Waals surface area contributed by atoms with Gasteiger partial charge in [-0.3, -0.25) is 0 Å². The minimum atomic E-state index is -0.430. The summed E-state index contributed by atoms with van der Waals surface area (Å²) in [6, 6.07) is 0. The molecule has 0 spiro atoms. The Morgan fingerprint density at radius 3 is 2.42 bits per heavy atom. The van der Waals surface area contributed by atoms with E-state index in [-0.39, 0.29) is 6.09 Å². The molecule has 6 heteroatoms. The van der Waals surface area contributed by atoms with Crippen LogP contribution in [0.15, 0.2) is 5.38 Å². The molecule has 1 amide bonds. The third kappa shape index (κ3) is 3.83. The van der Waals surface area contributed by atoms with Gasteiger partial charge in [0.15, 0.2) is 5.13 Å². The van der Waals surface area contributed by atoms with E-state index in [2.05, 4.69) is 15.3 Å². The zero-order valence-corrected chi connectivity index (χ0v) is 12.8. The maximum absolute atomic E-state index is 11.9. The van der Waals surface area contributed by atoms with Gasteiger partial charge in [0.05, 0.1) is 5.69 Å². The Kier molecular flexibility index (Phi) is 3.99. The van der Waals surface area contributed by atoms with E-state index >= 15 is 0 Å². The number of anilines is 1. The molecule has 0 aromatic carbocycles. The minimum Gasteiger partial charge on any atom is -0.444 e. The lowest BCUT2D eigenvalue weighted by atomic mass is 10.2. The van der Waals surface area contributed by atoms with Crippen LogP contribution in [-0.4, -0.2) is 47.8 Å². The summed E-state index contributed by atoms with van der Waals surface area (Å²) in [5.41, 5.74) is 0.621.